The molecule has 1 aliphatic heterocycles. The second-order valence-electron chi connectivity index (χ2n) is 4.21. The monoisotopic (exact) mass is 376 g/mol. The van der Waals surface area contributed by atoms with Crippen LogP contribution in [-0.2, 0) is 0 Å². The fourth-order valence-corrected chi connectivity index (χ4v) is 2.67. The van der Waals surface area contributed by atoms with Gasteiger partial charge in [0.2, 0.25) is 0 Å². The number of ether oxygens (including phenoxy) is 2. The predicted molar refractivity (Wildman–Crippen MR) is 69.3 cm³/mol. The van der Waals surface area contributed by atoms with Gasteiger partial charge in [-0.2, -0.15) is 8.78 Å². The normalized spacial score (nSPS) is 16.9. The molecule has 112 valence electrons. The van der Waals surface area contributed by atoms with Crippen LogP contribution in [0.1, 0.15) is 17.4 Å². The Balaban J connectivity index is 2.40. The van der Waals surface area contributed by atoms with E-state index in [4.69, 9.17) is 21.1 Å². The van der Waals surface area contributed by atoms with E-state index in [1.807, 2.05) is 0 Å². The zero-order chi connectivity index (χ0) is 14.9. The third kappa shape index (κ3) is 2.98. The quantitative estimate of drug-likeness (QED) is 0.557. The van der Waals surface area contributed by atoms with Gasteiger partial charge in [-0.05, 0) is 17.7 Å². The molecule has 0 N–H and O–H groups in total. The molecule has 1 unspecified atom stereocenters. The van der Waals surface area contributed by atoms with E-state index in [1.54, 1.807) is 0 Å². The molecule has 0 aliphatic carbocycles. The lowest BCUT2D eigenvalue weighted by molar-refractivity contribution is -0.130. The molecule has 2 rings (SSSR count). The Morgan fingerprint density at radius 3 is 2.25 bits per heavy atom. The minimum absolute atomic E-state index is 0.166. The Bertz CT molecular complexity index is 499. The van der Waals surface area contributed by atoms with Crippen molar-refractivity contribution in [3.8, 4) is 11.5 Å². The predicted octanol–water partition coefficient (Wildman–Crippen LogP) is 4.79. The van der Waals surface area contributed by atoms with Gasteiger partial charge in [-0.1, -0.05) is 15.9 Å². The van der Waals surface area contributed by atoms with Gasteiger partial charge in [0.05, 0.1) is 13.2 Å². The van der Waals surface area contributed by atoms with E-state index in [1.165, 1.54) is 12.1 Å². The molecule has 0 bridgehead atoms. The maximum Gasteiger partial charge on any atom is 0.327 e. The summed E-state index contributed by atoms with van der Waals surface area (Å²) >= 11 is 8.57. The van der Waals surface area contributed by atoms with Gasteiger partial charge in [-0.15, -0.1) is 11.6 Å². The summed E-state index contributed by atoms with van der Waals surface area (Å²) in [5.74, 6) is -3.76. The Kier molecular flexibility index (Phi) is 4.69. The molecule has 8 heteroatoms. The van der Waals surface area contributed by atoms with Crippen LogP contribution in [0.5, 0.6) is 11.5 Å². The highest BCUT2D eigenvalue weighted by atomic mass is 79.9. The average molecular weight is 378 g/mol. The van der Waals surface area contributed by atoms with E-state index >= 15 is 0 Å². The van der Waals surface area contributed by atoms with E-state index in [2.05, 4.69) is 15.9 Å². The standard InChI is InChI=1S/C12H10BrClF4O2/c13-7-5-9-8(19-2-1-3-20-9)4-6(7)10(14)12(17,18)11(15)16/h4-5,10-11H,1-3H2. The van der Waals surface area contributed by atoms with Crippen molar-refractivity contribution in [2.75, 3.05) is 13.2 Å². The zero-order valence-electron chi connectivity index (χ0n) is 10.0. The first-order valence-electron chi connectivity index (χ1n) is 5.73. The lowest BCUT2D eigenvalue weighted by atomic mass is 10.1. The van der Waals surface area contributed by atoms with Gasteiger partial charge in [-0.3, -0.25) is 0 Å². The van der Waals surface area contributed by atoms with Crippen molar-refractivity contribution in [2.24, 2.45) is 0 Å². The first-order valence-corrected chi connectivity index (χ1v) is 6.96. The van der Waals surface area contributed by atoms with Gasteiger partial charge in [0.15, 0.2) is 11.5 Å². The lowest BCUT2D eigenvalue weighted by Gasteiger charge is -2.23. The Labute approximate surface area is 126 Å². The molecule has 1 aromatic rings. The number of alkyl halides is 5. The van der Waals surface area contributed by atoms with E-state index in [0.29, 0.717) is 25.4 Å². The molecule has 1 aromatic carbocycles. The number of benzene rings is 1. The summed E-state index contributed by atoms with van der Waals surface area (Å²) in [4.78, 5) is 0. The molecule has 2 nitrogen and oxygen atoms in total. The molecule has 0 saturated carbocycles. The topological polar surface area (TPSA) is 18.5 Å². The van der Waals surface area contributed by atoms with E-state index in [9.17, 15) is 17.6 Å². The highest BCUT2D eigenvalue weighted by Crippen LogP contribution is 2.46. The summed E-state index contributed by atoms with van der Waals surface area (Å²) in [5, 5.41) is -2.17. The van der Waals surface area contributed by atoms with Crippen LogP contribution in [0.2, 0.25) is 0 Å². The maximum atomic E-state index is 13.3. The van der Waals surface area contributed by atoms with E-state index < -0.39 is 17.7 Å². The molecule has 1 atom stereocenters. The van der Waals surface area contributed by atoms with Gasteiger partial charge in [0.1, 0.15) is 5.38 Å². The van der Waals surface area contributed by atoms with Crippen molar-refractivity contribution in [1.82, 2.24) is 0 Å². The highest BCUT2D eigenvalue weighted by molar-refractivity contribution is 9.10. The first kappa shape index (κ1) is 15.7. The molecule has 0 radical (unpaired) electrons. The Hall–Kier alpha value is -0.690. The SMILES string of the molecule is FC(F)C(F)(F)C(Cl)c1cc2c(cc1Br)OCCCO2. The smallest absolute Gasteiger partial charge is 0.327 e. The van der Waals surface area contributed by atoms with Crippen molar-refractivity contribution in [2.45, 2.75) is 24.1 Å². The summed E-state index contributed by atoms with van der Waals surface area (Å²) in [6, 6.07) is 2.60. The van der Waals surface area contributed by atoms with Crippen molar-refractivity contribution in [3.63, 3.8) is 0 Å². The van der Waals surface area contributed by atoms with E-state index in [0.717, 1.165) is 0 Å². The molecule has 1 aliphatic rings. The second kappa shape index (κ2) is 5.97. The molecular weight excluding hydrogens is 367 g/mol. The number of halogens is 6. The van der Waals surface area contributed by atoms with Crippen LogP contribution < -0.4 is 9.47 Å². The van der Waals surface area contributed by atoms with Crippen molar-refractivity contribution < 1.29 is 27.0 Å². The number of hydrogen-bond donors (Lipinski definition) is 0. The maximum absolute atomic E-state index is 13.3. The summed E-state index contributed by atoms with van der Waals surface area (Å²) in [6.07, 6.45) is -3.22. The number of fused-ring (bicyclic) bond motifs is 1. The summed E-state index contributed by atoms with van der Waals surface area (Å²) in [5.41, 5.74) is -0.166. The van der Waals surface area contributed by atoms with Crippen LogP contribution >= 0.6 is 27.5 Å². The molecule has 1 heterocycles. The lowest BCUT2D eigenvalue weighted by Crippen LogP contribution is -2.31. The first-order chi connectivity index (χ1) is 9.34. The van der Waals surface area contributed by atoms with Gasteiger partial charge >= 0.3 is 12.3 Å². The number of hydrogen-bond acceptors (Lipinski definition) is 2. The van der Waals surface area contributed by atoms with Crippen LogP contribution in [0.25, 0.3) is 0 Å². The van der Waals surface area contributed by atoms with Crippen molar-refractivity contribution in [3.05, 3.63) is 22.2 Å². The van der Waals surface area contributed by atoms with Crippen LogP contribution in [-0.4, -0.2) is 25.6 Å². The van der Waals surface area contributed by atoms with Gasteiger partial charge in [0.25, 0.3) is 0 Å². The summed E-state index contributed by atoms with van der Waals surface area (Å²) < 4.78 is 62.3. The summed E-state index contributed by atoms with van der Waals surface area (Å²) in [6.45, 7) is 0.780. The Morgan fingerprint density at radius 2 is 1.70 bits per heavy atom. The third-order valence-corrected chi connectivity index (χ3v) is 3.98. The van der Waals surface area contributed by atoms with Gasteiger partial charge < -0.3 is 9.47 Å². The molecule has 0 amide bonds. The average Bonchev–Trinajstić information content (AvgIpc) is 2.61. The largest absolute Gasteiger partial charge is 0.490 e. The Morgan fingerprint density at radius 1 is 1.15 bits per heavy atom. The minimum atomic E-state index is -4.34. The molecule has 20 heavy (non-hydrogen) atoms. The molecule has 0 spiro atoms. The van der Waals surface area contributed by atoms with E-state index in [-0.39, 0.29) is 15.8 Å². The highest BCUT2D eigenvalue weighted by Gasteiger charge is 2.49. The second-order valence-corrected chi connectivity index (χ2v) is 5.50. The van der Waals surface area contributed by atoms with Gasteiger partial charge in [-0.25, -0.2) is 8.78 Å². The van der Waals surface area contributed by atoms with Crippen molar-refractivity contribution >= 4 is 27.5 Å². The molecule has 0 fully saturated rings. The molecular formula is C12H10BrClF4O2. The summed E-state index contributed by atoms with van der Waals surface area (Å²) in [7, 11) is 0. The number of rotatable bonds is 3. The van der Waals surface area contributed by atoms with Crippen molar-refractivity contribution in [1.29, 1.82) is 0 Å². The third-order valence-electron chi connectivity index (χ3n) is 2.77. The molecule has 0 saturated heterocycles. The van der Waals surface area contributed by atoms with Crippen LogP contribution in [0, 0.1) is 0 Å². The minimum Gasteiger partial charge on any atom is -0.490 e. The zero-order valence-corrected chi connectivity index (χ0v) is 12.4. The fourth-order valence-electron chi connectivity index (χ4n) is 1.71. The molecule has 0 aromatic heterocycles. The van der Waals surface area contributed by atoms with Crippen LogP contribution in [0.15, 0.2) is 16.6 Å². The fraction of sp³-hybridized carbons (Fsp3) is 0.500. The van der Waals surface area contributed by atoms with Gasteiger partial charge in [0, 0.05) is 10.9 Å². The van der Waals surface area contributed by atoms with Crippen LogP contribution in [0.4, 0.5) is 17.6 Å². The van der Waals surface area contributed by atoms with Crippen LogP contribution in [0.3, 0.4) is 0 Å².